The topological polar surface area (TPSA) is 101 Å². The predicted molar refractivity (Wildman–Crippen MR) is 142 cm³/mol. The lowest BCUT2D eigenvalue weighted by molar-refractivity contribution is 0.335. The monoisotopic (exact) mass is 511 g/mol. The molecule has 0 radical (unpaired) electrons. The van der Waals surface area contributed by atoms with Crippen molar-refractivity contribution >= 4 is 35.0 Å². The Labute approximate surface area is 218 Å². The first-order valence-corrected chi connectivity index (χ1v) is 11.7. The highest BCUT2D eigenvalue weighted by Gasteiger charge is 2.26. The summed E-state index contributed by atoms with van der Waals surface area (Å²) in [6, 6.07) is 19.5. The Morgan fingerprint density at radius 3 is 2.59 bits per heavy atom. The molecule has 184 valence electrons. The van der Waals surface area contributed by atoms with Crippen LogP contribution in [0.1, 0.15) is 17.0 Å². The first-order chi connectivity index (χ1) is 18.1. The van der Waals surface area contributed by atoms with E-state index in [4.69, 9.17) is 21.1 Å². The number of nitrogens with one attached hydrogen (secondary N) is 1. The molecule has 0 atom stereocenters. The van der Waals surface area contributed by atoms with Crippen LogP contribution in [-0.2, 0) is 6.54 Å². The summed E-state index contributed by atoms with van der Waals surface area (Å²) in [7, 11) is 1.62. The molecule has 0 saturated heterocycles. The number of nitrogens with zero attached hydrogens (tertiary/aromatic N) is 6. The van der Waals surface area contributed by atoms with Crippen LogP contribution < -0.4 is 19.7 Å². The van der Waals surface area contributed by atoms with Crippen LogP contribution in [0.25, 0.3) is 11.9 Å². The summed E-state index contributed by atoms with van der Waals surface area (Å²) in [5, 5.41) is 13.5. The lowest BCUT2D eigenvalue weighted by Crippen LogP contribution is -2.31. The molecule has 37 heavy (non-hydrogen) atoms. The van der Waals surface area contributed by atoms with Crippen molar-refractivity contribution in [2.75, 3.05) is 23.9 Å². The molecule has 0 bridgehead atoms. The van der Waals surface area contributed by atoms with Gasteiger partial charge in [-0.25, -0.2) is 15.0 Å². The van der Waals surface area contributed by atoms with Gasteiger partial charge in [0.1, 0.15) is 41.6 Å². The largest absolute Gasteiger partial charge is 0.497 e. The number of imidazole rings is 1. The molecule has 9 nitrogen and oxygen atoms in total. The summed E-state index contributed by atoms with van der Waals surface area (Å²) in [5.74, 6) is 2.56. The van der Waals surface area contributed by atoms with Crippen LogP contribution in [0.3, 0.4) is 0 Å². The molecule has 2 aromatic carbocycles. The van der Waals surface area contributed by atoms with E-state index in [0.717, 1.165) is 22.7 Å². The van der Waals surface area contributed by atoms with Crippen molar-refractivity contribution < 1.29 is 9.47 Å². The minimum atomic E-state index is 0.0992. The van der Waals surface area contributed by atoms with Gasteiger partial charge in [0.25, 0.3) is 0 Å². The fourth-order valence-electron chi connectivity index (χ4n) is 3.96. The third-order valence-electron chi connectivity index (χ3n) is 5.76. The summed E-state index contributed by atoms with van der Waals surface area (Å²) < 4.78 is 13.0. The second kappa shape index (κ2) is 10.4. The van der Waals surface area contributed by atoms with E-state index in [1.54, 1.807) is 17.9 Å². The summed E-state index contributed by atoms with van der Waals surface area (Å²) in [4.78, 5) is 14.8. The summed E-state index contributed by atoms with van der Waals surface area (Å²) >= 11 is 6.36. The zero-order valence-electron chi connectivity index (χ0n) is 19.9. The Balaban J connectivity index is 1.39. The number of ether oxygens (including phenoxy) is 2. The van der Waals surface area contributed by atoms with E-state index in [2.05, 4.69) is 32.9 Å². The molecule has 1 aliphatic rings. The number of hydrogen-bond acceptors (Lipinski definition) is 8. The van der Waals surface area contributed by atoms with Crippen molar-refractivity contribution in [1.29, 1.82) is 5.26 Å². The average Bonchev–Trinajstić information content (AvgIpc) is 3.31. The number of fused-ring (bicyclic) bond motifs is 1. The summed E-state index contributed by atoms with van der Waals surface area (Å²) in [5.41, 5.74) is 2.84. The molecule has 0 saturated carbocycles. The van der Waals surface area contributed by atoms with Gasteiger partial charge >= 0.3 is 0 Å². The van der Waals surface area contributed by atoms with Gasteiger partial charge in [-0.1, -0.05) is 48.5 Å². The molecule has 0 amide bonds. The van der Waals surface area contributed by atoms with E-state index in [-0.39, 0.29) is 18.1 Å². The molecule has 0 unspecified atom stereocenters. The van der Waals surface area contributed by atoms with E-state index in [9.17, 15) is 5.26 Å². The Bertz CT molecular complexity index is 1510. The normalized spacial score (nSPS) is 12.4. The maximum absolute atomic E-state index is 9.87. The number of nitriles is 1. The van der Waals surface area contributed by atoms with Gasteiger partial charge in [0.15, 0.2) is 11.4 Å². The number of methoxy groups -OCH3 is 1. The first kappa shape index (κ1) is 23.9. The minimum absolute atomic E-state index is 0.0992. The lowest BCUT2D eigenvalue weighted by Gasteiger charge is -2.33. The Hall–Kier alpha value is -4.81. The van der Waals surface area contributed by atoms with Gasteiger partial charge in [0.2, 0.25) is 5.88 Å². The summed E-state index contributed by atoms with van der Waals surface area (Å²) in [6.07, 6.45) is 4.80. The Morgan fingerprint density at radius 2 is 1.86 bits per heavy atom. The van der Waals surface area contributed by atoms with Crippen molar-refractivity contribution in [3.8, 4) is 17.7 Å². The molecule has 10 heteroatoms. The average molecular weight is 512 g/mol. The van der Waals surface area contributed by atoms with Crippen LogP contribution >= 0.6 is 11.6 Å². The van der Waals surface area contributed by atoms with Crippen LogP contribution in [0.4, 0.5) is 11.5 Å². The quantitative estimate of drug-likeness (QED) is 0.345. The molecule has 2 aromatic heterocycles. The van der Waals surface area contributed by atoms with E-state index in [1.807, 2.05) is 65.6 Å². The molecule has 0 aliphatic carbocycles. The molecular formula is C27H22ClN7O2. The van der Waals surface area contributed by atoms with Gasteiger partial charge in [0.05, 0.1) is 19.0 Å². The zero-order valence-corrected chi connectivity index (χ0v) is 20.7. The smallest absolute Gasteiger partial charge is 0.237 e. The van der Waals surface area contributed by atoms with Crippen molar-refractivity contribution in [3.05, 3.63) is 102 Å². The van der Waals surface area contributed by atoms with Crippen molar-refractivity contribution in [1.82, 2.24) is 19.5 Å². The highest BCUT2D eigenvalue weighted by molar-refractivity contribution is 6.30. The number of para-hydroxylation sites is 1. The highest BCUT2D eigenvalue weighted by Crippen LogP contribution is 2.34. The number of halogens is 1. The lowest BCUT2D eigenvalue weighted by atomic mass is 10.2. The van der Waals surface area contributed by atoms with Crippen molar-refractivity contribution in [2.24, 2.45) is 0 Å². The fourth-order valence-corrected chi connectivity index (χ4v) is 4.20. The van der Waals surface area contributed by atoms with Gasteiger partial charge in [-0.2, -0.15) is 5.26 Å². The third-order valence-corrected chi connectivity index (χ3v) is 6.03. The number of anilines is 2. The second-order valence-corrected chi connectivity index (χ2v) is 8.39. The van der Waals surface area contributed by atoms with Gasteiger partial charge in [-0.3, -0.25) is 9.47 Å². The van der Waals surface area contributed by atoms with Gasteiger partial charge < -0.3 is 14.8 Å². The molecule has 1 N–H and O–H groups in total. The second-order valence-electron chi connectivity index (χ2n) is 8.00. The number of rotatable bonds is 8. The van der Waals surface area contributed by atoms with E-state index < -0.39 is 0 Å². The Morgan fingerprint density at radius 1 is 1.08 bits per heavy atom. The van der Waals surface area contributed by atoms with Gasteiger partial charge in [0, 0.05) is 18.3 Å². The molecule has 5 rings (SSSR count). The van der Waals surface area contributed by atoms with Crippen molar-refractivity contribution in [3.63, 3.8) is 0 Å². The molecule has 0 fully saturated rings. The number of hydrogen-bond donors (Lipinski definition) is 1. The zero-order chi connectivity index (χ0) is 25.8. The van der Waals surface area contributed by atoms with Crippen LogP contribution in [-0.4, -0.2) is 33.2 Å². The summed E-state index contributed by atoms with van der Waals surface area (Å²) in [6.45, 7) is 4.80. The molecule has 3 heterocycles. The van der Waals surface area contributed by atoms with Crippen molar-refractivity contribution in [2.45, 2.75) is 6.54 Å². The first-order valence-electron chi connectivity index (χ1n) is 11.3. The van der Waals surface area contributed by atoms with Gasteiger partial charge in [-0.05, 0) is 29.8 Å². The van der Waals surface area contributed by atoms with E-state index >= 15 is 0 Å². The van der Waals surface area contributed by atoms with E-state index in [1.165, 1.54) is 6.33 Å². The van der Waals surface area contributed by atoms with Crippen LogP contribution in [0.2, 0.25) is 5.15 Å². The van der Waals surface area contributed by atoms with Gasteiger partial charge in [-0.15, -0.1) is 0 Å². The fraction of sp³-hybridized carbons (Fsp3) is 0.111. The van der Waals surface area contributed by atoms with Crippen LogP contribution in [0.15, 0.2) is 79.4 Å². The number of benzene rings is 2. The SMILES string of the molecule is C=C1N(c2ccccc2)C(COc2ncnc(NCc3ccc(OC)cc3)c2C#N)=Cc2ncc(Cl)n21. The Kier molecular flexibility index (Phi) is 6.74. The standard InChI is InChI=1S/C27H22ClN7O2/c1-18-34(20-6-4-3-5-7-20)21(12-25-30-15-24(28)35(18)25)16-37-27-23(13-29)26(32-17-33-27)31-14-19-8-10-22(36-2)11-9-19/h3-12,15,17H,1,14,16H2,2H3,(H,31,32,33). The highest BCUT2D eigenvalue weighted by atomic mass is 35.5. The molecule has 0 spiro atoms. The van der Waals surface area contributed by atoms with E-state index in [0.29, 0.717) is 29.2 Å². The maximum Gasteiger partial charge on any atom is 0.237 e. The molecule has 1 aliphatic heterocycles. The minimum Gasteiger partial charge on any atom is -0.497 e. The number of aromatic nitrogens is 4. The van der Waals surface area contributed by atoms with Crippen LogP contribution in [0, 0.1) is 11.3 Å². The third kappa shape index (κ3) is 4.83. The van der Waals surface area contributed by atoms with Crippen LogP contribution in [0.5, 0.6) is 11.6 Å². The maximum atomic E-state index is 9.87. The predicted octanol–water partition coefficient (Wildman–Crippen LogP) is 5.19. The molecule has 4 aromatic rings. The molecular weight excluding hydrogens is 490 g/mol.